The van der Waals surface area contributed by atoms with Crippen LogP contribution in [0.2, 0.25) is 0 Å². The monoisotopic (exact) mass is 499 g/mol. The van der Waals surface area contributed by atoms with E-state index in [1.165, 1.54) is 25.6 Å². The number of hydrogen-bond donors (Lipinski definition) is 2. The molecule has 2 aromatic rings. The van der Waals surface area contributed by atoms with Crippen LogP contribution in [0.5, 0.6) is 0 Å². The Hall–Kier alpha value is -2.38. The fourth-order valence-corrected chi connectivity index (χ4v) is 7.31. The van der Waals surface area contributed by atoms with Gasteiger partial charge in [0.1, 0.15) is 10.3 Å². The molecule has 0 bridgehead atoms. The molecule has 32 heavy (non-hydrogen) atoms. The first-order valence-electron chi connectivity index (χ1n) is 9.26. The predicted molar refractivity (Wildman–Crippen MR) is 116 cm³/mol. The summed E-state index contributed by atoms with van der Waals surface area (Å²) in [4.78, 5) is 12.9. The van der Waals surface area contributed by atoms with E-state index in [-0.39, 0.29) is 17.3 Å². The van der Waals surface area contributed by atoms with E-state index >= 15 is 0 Å². The molecule has 0 unspecified atom stereocenters. The van der Waals surface area contributed by atoms with Crippen LogP contribution >= 0.6 is 11.3 Å². The highest BCUT2D eigenvalue weighted by atomic mass is 32.2. The van der Waals surface area contributed by atoms with E-state index in [2.05, 4.69) is 0 Å². The molecule has 3 rings (SSSR count). The lowest BCUT2D eigenvalue weighted by atomic mass is 10.1. The molecule has 0 spiro atoms. The van der Waals surface area contributed by atoms with Gasteiger partial charge in [-0.3, -0.25) is 10.0 Å². The molecule has 2 N–H and O–H groups in total. The zero-order chi connectivity index (χ0) is 23.7. The Morgan fingerprint density at radius 1 is 1.16 bits per heavy atom. The second kappa shape index (κ2) is 9.24. The summed E-state index contributed by atoms with van der Waals surface area (Å²) in [5.74, 6) is -1.03. The molecule has 1 fully saturated rings. The number of benzene rings is 1. The van der Waals surface area contributed by atoms with Gasteiger partial charge in [0.05, 0.1) is 11.6 Å². The number of amides is 1. The summed E-state index contributed by atoms with van der Waals surface area (Å²) < 4.78 is 54.3. The van der Waals surface area contributed by atoms with Crippen LogP contribution in [0.25, 0.3) is 10.4 Å². The summed E-state index contributed by atoms with van der Waals surface area (Å²) in [5.41, 5.74) is 2.63. The summed E-state index contributed by atoms with van der Waals surface area (Å²) in [6.07, 6.45) is 0. The summed E-state index contributed by atoms with van der Waals surface area (Å²) >= 11 is 0.986. The molecule has 0 aliphatic carbocycles. The molecule has 1 aromatic heterocycles. The molecule has 1 aromatic carbocycles. The third-order valence-electron chi connectivity index (χ3n) is 4.94. The Bertz CT molecular complexity index is 1250. The van der Waals surface area contributed by atoms with Crippen LogP contribution in [-0.4, -0.2) is 80.6 Å². The molecule has 0 saturated carbocycles. The van der Waals surface area contributed by atoms with Gasteiger partial charge in [0.15, 0.2) is 0 Å². The number of thiophene rings is 1. The van der Waals surface area contributed by atoms with E-state index in [9.17, 15) is 21.6 Å². The van der Waals surface area contributed by atoms with Crippen LogP contribution in [0.3, 0.4) is 0 Å². The Kier molecular flexibility index (Phi) is 7.00. The number of piperazine rings is 1. The third kappa shape index (κ3) is 4.55. The second-order valence-corrected chi connectivity index (χ2v) is 12.4. The topological polar surface area (TPSA) is 151 Å². The van der Waals surface area contributed by atoms with Crippen LogP contribution in [-0.2, 0) is 25.0 Å². The van der Waals surface area contributed by atoms with E-state index in [1.54, 1.807) is 30.3 Å². The van der Waals surface area contributed by atoms with Crippen molar-refractivity contribution in [2.75, 3.05) is 33.7 Å². The van der Waals surface area contributed by atoms with E-state index in [1.807, 2.05) is 6.07 Å². The normalized spacial score (nSPS) is 18.4. The van der Waals surface area contributed by atoms with Gasteiger partial charge in [-0.1, -0.05) is 12.1 Å². The smallest absolute Gasteiger partial charge is 0.281 e. The highest BCUT2D eigenvalue weighted by Crippen LogP contribution is 2.34. The lowest BCUT2D eigenvalue weighted by Crippen LogP contribution is -2.62. The lowest BCUT2D eigenvalue weighted by Gasteiger charge is -2.38. The largest absolute Gasteiger partial charge is 0.289 e. The minimum absolute atomic E-state index is 0.0310. The Morgan fingerprint density at radius 2 is 1.81 bits per heavy atom. The minimum Gasteiger partial charge on any atom is -0.289 e. The van der Waals surface area contributed by atoms with Crippen LogP contribution < -0.4 is 5.48 Å². The molecule has 1 aliphatic heterocycles. The summed E-state index contributed by atoms with van der Waals surface area (Å²) in [6, 6.07) is 10.2. The number of hydroxylamine groups is 1. The van der Waals surface area contributed by atoms with E-state index in [0.717, 1.165) is 29.8 Å². The van der Waals surface area contributed by atoms with Gasteiger partial charge in [0, 0.05) is 38.6 Å². The van der Waals surface area contributed by atoms with Gasteiger partial charge in [-0.2, -0.15) is 26.6 Å². The molecule has 0 radical (unpaired) electrons. The van der Waals surface area contributed by atoms with Crippen molar-refractivity contribution in [2.24, 2.45) is 0 Å². The van der Waals surface area contributed by atoms with Crippen molar-refractivity contribution in [3.63, 3.8) is 0 Å². The zero-order valence-electron chi connectivity index (χ0n) is 17.2. The molecule has 1 aliphatic rings. The van der Waals surface area contributed by atoms with Gasteiger partial charge < -0.3 is 0 Å². The number of nitrogens with one attached hydrogen (secondary N) is 1. The fraction of sp³-hybridized carbons (Fsp3) is 0.333. The fourth-order valence-electron chi connectivity index (χ4n) is 3.20. The van der Waals surface area contributed by atoms with E-state index in [0.29, 0.717) is 10.4 Å². The summed E-state index contributed by atoms with van der Waals surface area (Å²) in [7, 11) is -5.39. The Morgan fingerprint density at radius 3 is 2.38 bits per heavy atom. The number of rotatable bonds is 6. The first-order valence-corrected chi connectivity index (χ1v) is 12.9. The minimum atomic E-state index is -4.16. The van der Waals surface area contributed by atoms with E-state index < -0.39 is 38.7 Å². The lowest BCUT2D eigenvalue weighted by molar-refractivity contribution is -0.134. The molecule has 14 heteroatoms. The van der Waals surface area contributed by atoms with Crippen LogP contribution in [0.15, 0.2) is 40.6 Å². The summed E-state index contributed by atoms with van der Waals surface area (Å²) in [6.45, 7) is -0.861. The van der Waals surface area contributed by atoms with Crippen molar-refractivity contribution < 1.29 is 26.8 Å². The standard InChI is InChI=1S/C18H21N5O6S3/c1-21(2)32(28,29)22-9-10-23(15(12-22)18(24)20-25)31(26,27)17-8-7-16(30-17)14-5-3-13(11-19)4-6-14/h3-8,15,25H,9-10,12H2,1-2H3,(H,20,24)/t15-/m1/s1. The Balaban J connectivity index is 1.92. The van der Waals surface area contributed by atoms with Crippen molar-refractivity contribution in [1.29, 1.82) is 5.26 Å². The van der Waals surface area contributed by atoms with Gasteiger partial charge in [-0.25, -0.2) is 13.9 Å². The number of nitriles is 1. The van der Waals surface area contributed by atoms with Crippen molar-refractivity contribution in [3.05, 3.63) is 42.0 Å². The van der Waals surface area contributed by atoms with Crippen LogP contribution in [0.1, 0.15) is 5.56 Å². The number of carbonyl (C=O) groups excluding carboxylic acids is 1. The molecular formula is C18H21N5O6S3. The van der Waals surface area contributed by atoms with Crippen molar-refractivity contribution in [2.45, 2.75) is 10.3 Å². The van der Waals surface area contributed by atoms with Gasteiger partial charge >= 0.3 is 0 Å². The second-order valence-electron chi connectivity index (χ2n) is 7.06. The zero-order valence-corrected chi connectivity index (χ0v) is 19.6. The van der Waals surface area contributed by atoms with Gasteiger partial charge in [0.2, 0.25) is 0 Å². The quantitative estimate of drug-likeness (QED) is 0.428. The number of carbonyl (C=O) groups is 1. The molecule has 1 saturated heterocycles. The van der Waals surface area contributed by atoms with Crippen LogP contribution in [0, 0.1) is 11.3 Å². The SMILES string of the molecule is CN(C)S(=O)(=O)N1CCN(S(=O)(=O)c2ccc(-c3ccc(C#N)cc3)s2)[C@@H](C(=O)NO)C1. The third-order valence-corrected chi connectivity index (χ3v) is 10.4. The molecule has 1 atom stereocenters. The first-order chi connectivity index (χ1) is 15.0. The predicted octanol–water partition coefficient (Wildman–Crippen LogP) is 0.273. The first kappa shape index (κ1) is 24.3. The molecule has 1 amide bonds. The van der Waals surface area contributed by atoms with Crippen molar-refractivity contribution in [3.8, 4) is 16.5 Å². The van der Waals surface area contributed by atoms with Crippen molar-refractivity contribution >= 4 is 37.5 Å². The molecule has 172 valence electrons. The highest BCUT2D eigenvalue weighted by molar-refractivity contribution is 7.91. The number of hydrogen-bond acceptors (Lipinski definition) is 8. The summed E-state index contributed by atoms with van der Waals surface area (Å²) in [5, 5.41) is 18.0. The average Bonchev–Trinajstić information content (AvgIpc) is 3.29. The number of sulfonamides is 1. The maximum Gasteiger partial charge on any atom is 0.281 e. The molecule has 2 heterocycles. The Labute approximate surface area is 190 Å². The average molecular weight is 500 g/mol. The highest BCUT2D eigenvalue weighted by Gasteiger charge is 2.44. The van der Waals surface area contributed by atoms with Gasteiger partial charge in [0.25, 0.3) is 26.1 Å². The van der Waals surface area contributed by atoms with Gasteiger partial charge in [-0.05, 0) is 29.8 Å². The van der Waals surface area contributed by atoms with E-state index in [4.69, 9.17) is 10.5 Å². The molecule has 11 nitrogen and oxygen atoms in total. The maximum atomic E-state index is 13.3. The van der Waals surface area contributed by atoms with Crippen LogP contribution in [0.4, 0.5) is 0 Å². The van der Waals surface area contributed by atoms with Crippen molar-refractivity contribution in [1.82, 2.24) is 18.4 Å². The maximum absolute atomic E-state index is 13.3. The van der Waals surface area contributed by atoms with Gasteiger partial charge in [-0.15, -0.1) is 11.3 Å². The molecular weight excluding hydrogens is 478 g/mol. The number of nitrogens with zero attached hydrogens (tertiary/aromatic N) is 4.